The predicted octanol–water partition coefficient (Wildman–Crippen LogP) is 2.81. The first-order valence-corrected chi connectivity index (χ1v) is 13.2. The molecular formula is C24H30FN3O8S. The minimum Gasteiger partial charge on any atom is -0.465 e. The van der Waals surface area contributed by atoms with Gasteiger partial charge >= 0.3 is 12.1 Å². The molecule has 2 heterocycles. The van der Waals surface area contributed by atoms with Crippen molar-refractivity contribution in [3.8, 4) is 11.6 Å². The molecular weight excluding hydrogens is 509 g/mol. The van der Waals surface area contributed by atoms with Crippen LogP contribution in [-0.2, 0) is 29.0 Å². The highest BCUT2D eigenvalue weighted by Crippen LogP contribution is 2.29. The second kappa shape index (κ2) is 12.8. The summed E-state index contributed by atoms with van der Waals surface area (Å²) in [5.41, 5.74) is 0. The van der Waals surface area contributed by atoms with Crippen LogP contribution >= 0.6 is 0 Å². The normalized spacial score (nSPS) is 18.3. The number of carbonyl (C=O) groups is 2. The van der Waals surface area contributed by atoms with E-state index in [9.17, 15) is 22.4 Å². The number of rotatable bonds is 10. The summed E-state index contributed by atoms with van der Waals surface area (Å²) in [6.45, 7) is 3.47. The van der Waals surface area contributed by atoms with Gasteiger partial charge in [0.1, 0.15) is 29.1 Å². The number of amides is 1. The van der Waals surface area contributed by atoms with Crippen LogP contribution in [0.3, 0.4) is 0 Å². The smallest absolute Gasteiger partial charge is 0.410 e. The van der Waals surface area contributed by atoms with E-state index in [0.717, 1.165) is 10.5 Å². The second-order valence-electron chi connectivity index (χ2n) is 7.98. The maximum Gasteiger partial charge on any atom is 0.410 e. The third-order valence-electron chi connectivity index (χ3n) is 5.68. The van der Waals surface area contributed by atoms with E-state index < -0.39 is 40.0 Å². The van der Waals surface area contributed by atoms with Crippen molar-refractivity contribution in [1.29, 1.82) is 0 Å². The summed E-state index contributed by atoms with van der Waals surface area (Å²) in [5, 5.41) is 0. The van der Waals surface area contributed by atoms with Crippen molar-refractivity contribution in [2.45, 2.75) is 37.2 Å². The number of methoxy groups -OCH3 is 1. The van der Waals surface area contributed by atoms with Crippen molar-refractivity contribution >= 4 is 22.1 Å². The summed E-state index contributed by atoms with van der Waals surface area (Å²) in [4.78, 5) is 30.9. The fraction of sp³-hybridized carbons (Fsp3) is 0.458. The van der Waals surface area contributed by atoms with Gasteiger partial charge in [-0.05, 0) is 43.7 Å². The molecule has 2 atom stereocenters. The van der Waals surface area contributed by atoms with E-state index >= 15 is 0 Å². The molecule has 0 saturated carbocycles. The van der Waals surface area contributed by atoms with Crippen molar-refractivity contribution in [3.63, 3.8) is 0 Å². The van der Waals surface area contributed by atoms with E-state index in [2.05, 4.69) is 4.98 Å². The molecule has 0 spiro atoms. The van der Waals surface area contributed by atoms with Gasteiger partial charge in [0.25, 0.3) is 0 Å². The van der Waals surface area contributed by atoms with Crippen molar-refractivity contribution in [3.05, 3.63) is 48.4 Å². The van der Waals surface area contributed by atoms with Gasteiger partial charge in [-0.2, -0.15) is 4.31 Å². The van der Waals surface area contributed by atoms with Gasteiger partial charge in [0, 0.05) is 26.3 Å². The van der Waals surface area contributed by atoms with Gasteiger partial charge in [0.05, 0.1) is 25.5 Å². The molecule has 202 valence electrons. The number of halogens is 1. The van der Waals surface area contributed by atoms with Gasteiger partial charge in [-0.25, -0.2) is 22.6 Å². The Bertz CT molecular complexity index is 1160. The van der Waals surface area contributed by atoms with Gasteiger partial charge in [-0.1, -0.05) is 6.92 Å². The van der Waals surface area contributed by atoms with E-state index in [1.807, 2.05) is 0 Å². The van der Waals surface area contributed by atoms with Crippen LogP contribution in [0.2, 0.25) is 0 Å². The predicted molar refractivity (Wildman–Crippen MR) is 129 cm³/mol. The zero-order chi connectivity index (χ0) is 27.0. The molecule has 1 aliphatic heterocycles. The van der Waals surface area contributed by atoms with Gasteiger partial charge in [-0.3, -0.25) is 4.79 Å². The molecule has 37 heavy (non-hydrogen) atoms. The Balaban J connectivity index is 1.85. The van der Waals surface area contributed by atoms with Crippen LogP contribution in [0.25, 0.3) is 0 Å². The van der Waals surface area contributed by atoms with Crippen LogP contribution in [0, 0.1) is 5.82 Å². The van der Waals surface area contributed by atoms with E-state index in [-0.39, 0.29) is 50.1 Å². The molecule has 0 bridgehead atoms. The summed E-state index contributed by atoms with van der Waals surface area (Å²) in [7, 11) is -2.75. The molecule has 1 saturated heterocycles. The van der Waals surface area contributed by atoms with E-state index in [4.69, 9.17) is 18.9 Å². The number of carbonyl (C=O) groups excluding carboxylic acids is 2. The molecule has 0 aliphatic carbocycles. The molecule has 2 aromatic rings. The van der Waals surface area contributed by atoms with E-state index in [1.165, 1.54) is 48.4 Å². The summed E-state index contributed by atoms with van der Waals surface area (Å²) < 4.78 is 62.2. The number of hydrogen-bond donors (Lipinski definition) is 0. The quantitative estimate of drug-likeness (QED) is 0.331. The van der Waals surface area contributed by atoms with Crippen molar-refractivity contribution in [1.82, 2.24) is 14.2 Å². The van der Waals surface area contributed by atoms with Gasteiger partial charge in [-0.15, -0.1) is 0 Å². The zero-order valence-electron chi connectivity index (χ0n) is 20.8. The monoisotopic (exact) mass is 539 g/mol. The lowest BCUT2D eigenvalue weighted by atomic mass is 10.0. The minimum atomic E-state index is -4.22. The van der Waals surface area contributed by atoms with E-state index in [1.54, 1.807) is 13.8 Å². The van der Waals surface area contributed by atoms with Crippen LogP contribution in [0.1, 0.15) is 20.3 Å². The van der Waals surface area contributed by atoms with Crippen LogP contribution in [-0.4, -0.2) is 86.8 Å². The molecule has 1 aromatic carbocycles. The topological polar surface area (TPSA) is 125 Å². The number of pyridine rings is 1. The molecule has 1 aliphatic rings. The maximum absolute atomic E-state index is 13.6. The average molecular weight is 540 g/mol. The fourth-order valence-electron chi connectivity index (χ4n) is 3.95. The number of esters is 1. The molecule has 11 nitrogen and oxygen atoms in total. The van der Waals surface area contributed by atoms with Gasteiger partial charge < -0.3 is 23.8 Å². The van der Waals surface area contributed by atoms with Crippen LogP contribution in [0.4, 0.5) is 9.18 Å². The number of benzene rings is 1. The SMILES string of the molecule is CCOC(=O)[C@@H]1[C@H](CC)N(C(=O)OCCOC)CCN1S(=O)(=O)c1ccc(Oc2ccc(F)cc2)nc1. The van der Waals surface area contributed by atoms with Gasteiger partial charge in [0.15, 0.2) is 0 Å². The highest BCUT2D eigenvalue weighted by Gasteiger charge is 2.48. The molecule has 0 radical (unpaired) electrons. The Morgan fingerprint density at radius 2 is 1.78 bits per heavy atom. The Morgan fingerprint density at radius 1 is 1.05 bits per heavy atom. The lowest BCUT2D eigenvalue weighted by Gasteiger charge is -2.44. The lowest BCUT2D eigenvalue weighted by molar-refractivity contribution is -0.151. The number of nitrogens with zero attached hydrogens (tertiary/aromatic N) is 3. The summed E-state index contributed by atoms with van der Waals surface area (Å²) in [5.74, 6) is -0.767. The van der Waals surface area contributed by atoms with Crippen LogP contribution < -0.4 is 4.74 Å². The largest absolute Gasteiger partial charge is 0.465 e. The van der Waals surface area contributed by atoms with Crippen LogP contribution in [0.5, 0.6) is 11.6 Å². The summed E-state index contributed by atoms with van der Waals surface area (Å²) in [6, 6.07) is 5.83. The first kappa shape index (κ1) is 28.3. The molecule has 1 amide bonds. The highest BCUT2D eigenvalue weighted by atomic mass is 32.2. The standard InChI is InChI=1S/C24H30FN3O8S/c1-4-20-22(23(29)34-5-2)28(13-12-27(20)24(30)35-15-14-33-3)37(31,32)19-10-11-21(26-16-19)36-18-8-6-17(25)7-9-18/h6-11,16,20,22H,4-5,12-15H2,1-3H3/t20-,22-/m0/s1. The first-order valence-electron chi connectivity index (χ1n) is 11.7. The Kier molecular flexibility index (Phi) is 9.78. The number of piperazine rings is 1. The Labute approximate surface area is 215 Å². The number of hydrogen-bond acceptors (Lipinski definition) is 9. The molecule has 13 heteroatoms. The number of aromatic nitrogens is 1. The second-order valence-corrected chi connectivity index (χ2v) is 9.87. The average Bonchev–Trinajstić information content (AvgIpc) is 2.89. The van der Waals surface area contributed by atoms with Crippen molar-refractivity contribution in [2.75, 3.05) is 40.0 Å². The van der Waals surface area contributed by atoms with Gasteiger partial charge in [0.2, 0.25) is 15.9 Å². The number of sulfonamides is 1. The van der Waals surface area contributed by atoms with Crippen molar-refractivity contribution < 1.29 is 41.3 Å². The number of ether oxygens (including phenoxy) is 4. The fourth-order valence-corrected chi connectivity index (χ4v) is 5.49. The van der Waals surface area contributed by atoms with Crippen LogP contribution in [0.15, 0.2) is 47.5 Å². The van der Waals surface area contributed by atoms with Crippen molar-refractivity contribution in [2.24, 2.45) is 0 Å². The first-order chi connectivity index (χ1) is 17.7. The molecule has 1 aromatic heterocycles. The highest BCUT2D eigenvalue weighted by molar-refractivity contribution is 7.89. The minimum absolute atomic E-state index is 0.0125. The third-order valence-corrected chi connectivity index (χ3v) is 7.55. The molecule has 0 unspecified atom stereocenters. The Morgan fingerprint density at radius 3 is 2.38 bits per heavy atom. The summed E-state index contributed by atoms with van der Waals surface area (Å²) >= 11 is 0. The molecule has 1 fully saturated rings. The maximum atomic E-state index is 13.6. The van der Waals surface area contributed by atoms with E-state index in [0.29, 0.717) is 5.75 Å². The lowest BCUT2D eigenvalue weighted by Crippen LogP contribution is -2.65. The molecule has 3 rings (SSSR count). The zero-order valence-corrected chi connectivity index (χ0v) is 21.6. The summed E-state index contributed by atoms with van der Waals surface area (Å²) in [6.07, 6.45) is 0.722. The Hall–Kier alpha value is -3.29. The molecule has 0 N–H and O–H groups in total. The third kappa shape index (κ3) is 6.73.